The summed E-state index contributed by atoms with van der Waals surface area (Å²) < 4.78 is 5.17. The Hall–Kier alpha value is -2.14. The number of hydrogen-bond donors (Lipinski definition) is 2. The molecule has 5 nitrogen and oxygen atoms in total. The van der Waals surface area contributed by atoms with E-state index < -0.39 is 5.97 Å². The van der Waals surface area contributed by atoms with E-state index in [-0.39, 0.29) is 5.76 Å². The van der Waals surface area contributed by atoms with Gasteiger partial charge in [-0.1, -0.05) is 13.0 Å². The molecule has 0 bridgehead atoms. The topological polar surface area (TPSA) is 75.4 Å². The Labute approximate surface area is 117 Å². The van der Waals surface area contributed by atoms with Gasteiger partial charge < -0.3 is 14.8 Å². The standard InChI is InChI=1S/C15H18N2O3/c1-3-11-5-4-6-17-13(11)9-16-8-12-7-14(15(18)19)20-10(12)2/h4-7,16H,3,8-9H2,1-2H3,(H,18,19). The van der Waals surface area contributed by atoms with Crippen LogP contribution in [-0.2, 0) is 19.5 Å². The Kier molecular flexibility index (Phi) is 4.53. The summed E-state index contributed by atoms with van der Waals surface area (Å²) in [6.45, 7) is 5.07. The Bertz CT molecular complexity index is 605. The zero-order valence-electron chi connectivity index (χ0n) is 11.6. The van der Waals surface area contributed by atoms with Gasteiger partial charge in [-0.2, -0.15) is 0 Å². The fraction of sp³-hybridized carbons (Fsp3) is 0.333. The molecule has 2 aromatic heterocycles. The number of carboxylic acids is 1. The zero-order valence-corrected chi connectivity index (χ0v) is 11.6. The van der Waals surface area contributed by atoms with Crippen molar-refractivity contribution in [1.82, 2.24) is 10.3 Å². The quantitative estimate of drug-likeness (QED) is 0.846. The van der Waals surface area contributed by atoms with Gasteiger partial charge in [0.25, 0.3) is 0 Å². The van der Waals surface area contributed by atoms with Crippen molar-refractivity contribution in [2.24, 2.45) is 0 Å². The van der Waals surface area contributed by atoms with Crippen molar-refractivity contribution in [1.29, 1.82) is 0 Å². The van der Waals surface area contributed by atoms with Gasteiger partial charge >= 0.3 is 5.97 Å². The first-order valence-electron chi connectivity index (χ1n) is 6.58. The first kappa shape index (κ1) is 14.3. The van der Waals surface area contributed by atoms with Crippen molar-refractivity contribution in [3.63, 3.8) is 0 Å². The number of nitrogens with one attached hydrogen (secondary N) is 1. The molecule has 0 amide bonds. The number of furan rings is 1. The van der Waals surface area contributed by atoms with Crippen LogP contribution in [0, 0.1) is 6.92 Å². The second-order valence-electron chi connectivity index (χ2n) is 4.56. The monoisotopic (exact) mass is 274 g/mol. The molecule has 2 aromatic rings. The SMILES string of the molecule is CCc1cccnc1CNCc1cc(C(=O)O)oc1C. The first-order chi connectivity index (χ1) is 9.61. The van der Waals surface area contributed by atoms with Gasteiger partial charge in [-0.05, 0) is 31.0 Å². The van der Waals surface area contributed by atoms with Crippen LogP contribution >= 0.6 is 0 Å². The van der Waals surface area contributed by atoms with Crippen LogP contribution in [0.3, 0.4) is 0 Å². The molecule has 20 heavy (non-hydrogen) atoms. The van der Waals surface area contributed by atoms with Gasteiger partial charge in [0.2, 0.25) is 5.76 Å². The fourth-order valence-electron chi connectivity index (χ4n) is 2.07. The molecule has 0 unspecified atom stereocenters. The molecular weight excluding hydrogens is 256 g/mol. The number of rotatable bonds is 6. The highest BCUT2D eigenvalue weighted by atomic mass is 16.4. The van der Waals surface area contributed by atoms with Gasteiger partial charge in [0.15, 0.2) is 0 Å². The molecule has 0 saturated carbocycles. The maximum atomic E-state index is 10.8. The summed E-state index contributed by atoms with van der Waals surface area (Å²) in [5.41, 5.74) is 3.10. The van der Waals surface area contributed by atoms with E-state index >= 15 is 0 Å². The molecule has 2 rings (SSSR count). The Balaban J connectivity index is 1.97. The molecular formula is C15H18N2O3. The number of carbonyl (C=O) groups is 1. The van der Waals surface area contributed by atoms with E-state index in [9.17, 15) is 4.79 Å². The van der Waals surface area contributed by atoms with Crippen molar-refractivity contribution in [2.45, 2.75) is 33.4 Å². The summed E-state index contributed by atoms with van der Waals surface area (Å²) in [6, 6.07) is 5.56. The lowest BCUT2D eigenvalue weighted by Gasteiger charge is -2.07. The highest BCUT2D eigenvalue weighted by molar-refractivity contribution is 5.84. The smallest absolute Gasteiger partial charge is 0.371 e. The average Bonchev–Trinajstić information content (AvgIpc) is 2.81. The summed E-state index contributed by atoms with van der Waals surface area (Å²) >= 11 is 0. The second kappa shape index (κ2) is 6.34. The lowest BCUT2D eigenvalue weighted by atomic mass is 10.1. The maximum Gasteiger partial charge on any atom is 0.371 e. The molecule has 0 saturated heterocycles. The third kappa shape index (κ3) is 3.24. The predicted molar refractivity (Wildman–Crippen MR) is 74.6 cm³/mol. The molecule has 0 aliphatic heterocycles. The van der Waals surface area contributed by atoms with Crippen LogP contribution in [0.2, 0.25) is 0 Å². The van der Waals surface area contributed by atoms with Gasteiger partial charge in [0.1, 0.15) is 5.76 Å². The van der Waals surface area contributed by atoms with Gasteiger partial charge in [-0.25, -0.2) is 4.79 Å². The Morgan fingerprint density at radius 2 is 2.20 bits per heavy atom. The van der Waals surface area contributed by atoms with Crippen LogP contribution in [0.15, 0.2) is 28.8 Å². The van der Waals surface area contributed by atoms with E-state index in [1.807, 2.05) is 6.07 Å². The Morgan fingerprint density at radius 1 is 1.40 bits per heavy atom. The molecule has 2 heterocycles. The predicted octanol–water partition coefficient (Wildman–Crippen LogP) is 2.53. The van der Waals surface area contributed by atoms with Crippen molar-refractivity contribution in [2.75, 3.05) is 0 Å². The van der Waals surface area contributed by atoms with Crippen molar-refractivity contribution in [3.05, 3.63) is 52.7 Å². The number of aromatic nitrogens is 1. The number of pyridine rings is 1. The summed E-state index contributed by atoms with van der Waals surface area (Å²) in [5, 5.41) is 12.1. The minimum Gasteiger partial charge on any atom is -0.475 e. The van der Waals surface area contributed by atoms with E-state index in [0.717, 1.165) is 17.7 Å². The molecule has 0 aliphatic rings. The van der Waals surface area contributed by atoms with Gasteiger partial charge in [-0.15, -0.1) is 0 Å². The molecule has 5 heteroatoms. The van der Waals surface area contributed by atoms with Crippen LogP contribution in [0.1, 0.15) is 40.1 Å². The highest BCUT2D eigenvalue weighted by Gasteiger charge is 2.12. The third-order valence-corrected chi connectivity index (χ3v) is 3.20. The largest absolute Gasteiger partial charge is 0.475 e. The Morgan fingerprint density at radius 3 is 2.85 bits per heavy atom. The minimum absolute atomic E-state index is 0.0219. The summed E-state index contributed by atoms with van der Waals surface area (Å²) in [6.07, 6.45) is 2.72. The molecule has 0 fully saturated rings. The van der Waals surface area contributed by atoms with E-state index in [0.29, 0.717) is 18.8 Å². The number of aryl methyl sites for hydroxylation is 2. The summed E-state index contributed by atoms with van der Waals surface area (Å²) in [4.78, 5) is 15.2. The van der Waals surface area contributed by atoms with Crippen LogP contribution in [-0.4, -0.2) is 16.1 Å². The first-order valence-corrected chi connectivity index (χ1v) is 6.58. The lowest BCUT2D eigenvalue weighted by Crippen LogP contribution is -2.15. The lowest BCUT2D eigenvalue weighted by molar-refractivity contribution is 0.0661. The van der Waals surface area contributed by atoms with Gasteiger partial charge in [0.05, 0.1) is 5.69 Å². The minimum atomic E-state index is -1.04. The normalized spacial score (nSPS) is 10.7. The molecule has 0 atom stereocenters. The van der Waals surface area contributed by atoms with Crippen LogP contribution in [0.4, 0.5) is 0 Å². The van der Waals surface area contributed by atoms with E-state index in [2.05, 4.69) is 23.3 Å². The molecule has 106 valence electrons. The highest BCUT2D eigenvalue weighted by Crippen LogP contribution is 2.15. The van der Waals surface area contributed by atoms with Crippen molar-refractivity contribution < 1.29 is 14.3 Å². The maximum absolute atomic E-state index is 10.8. The van der Waals surface area contributed by atoms with Gasteiger partial charge in [0, 0.05) is 24.8 Å². The van der Waals surface area contributed by atoms with Crippen LogP contribution < -0.4 is 5.32 Å². The van der Waals surface area contributed by atoms with Crippen LogP contribution in [0.25, 0.3) is 0 Å². The summed E-state index contributed by atoms with van der Waals surface area (Å²) in [7, 11) is 0. The van der Waals surface area contributed by atoms with Crippen molar-refractivity contribution >= 4 is 5.97 Å². The molecule has 0 radical (unpaired) electrons. The number of carboxylic acid groups (broad SMARTS) is 1. The fourth-order valence-corrected chi connectivity index (χ4v) is 2.07. The number of aromatic carboxylic acids is 1. The number of nitrogens with zero attached hydrogens (tertiary/aromatic N) is 1. The van der Waals surface area contributed by atoms with E-state index in [1.165, 1.54) is 5.56 Å². The molecule has 0 aliphatic carbocycles. The van der Waals surface area contributed by atoms with Crippen molar-refractivity contribution in [3.8, 4) is 0 Å². The molecule has 0 spiro atoms. The average molecular weight is 274 g/mol. The van der Waals surface area contributed by atoms with Gasteiger partial charge in [-0.3, -0.25) is 4.98 Å². The molecule has 0 aromatic carbocycles. The zero-order chi connectivity index (χ0) is 14.5. The van der Waals surface area contributed by atoms with E-state index in [4.69, 9.17) is 9.52 Å². The van der Waals surface area contributed by atoms with Crippen LogP contribution in [0.5, 0.6) is 0 Å². The molecule has 2 N–H and O–H groups in total. The third-order valence-electron chi connectivity index (χ3n) is 3.20. The van der Waals surface area contributed by atoms with E-state index in [1.54, 1.807) is 19.2 Å². The number of hydrogen-bond acceptors (Lipinski definition) is 4. The second-order valence-corrected chi connectivity index (χ2v) is 4.56. The summed E-state index contributed by atoms with van der Waals surface area (Å²) in [5.74, 6) is -0.435.